The van der Waals surface area contributed by atoms with Crippen LogP contribution in [-0.2, 0) is 4.79 Å². The largest absolute Gasteiger partial charge is 0.481 e. The number of aromatic nitrogens is 2. The average molecular weight is 317 g/mol. The van der Waals surface area contributed by atoms with Gasteiger partial charge in [0.15, 0.2) is 0 Å². The zero-order valence-electron chi connectivity index (χ0n) is 12.5. The Morgan fingerprint density at radius 2 is 2.04 bits per heavy atom. The second-order valence-corrected chi connectivity index (χ2v) is 6.02. The highest BCUT2D eigenvalue weighted by Crippen LogP contribution is 2.31. The number of carbonyl (C=O) groups excluding carboxylic acids is 1. The van der Waals surface area contributed by atoms with Gasteiger partial charge < -0.3 is 10.0 Å². The van der Waals surface area contributed by atoms with Crippen molar-refractivity contribution >= 4 is 11.9 Å². The van der Waals surface area contributed by atoms with Gasteiger partial charge in [-0.1, -0.05) is 0 Å². The summed E-state index contributed by atoms with van der Waals surface area (Å²) in [6.45, 7) is 2.21. The van der Waals surface area contributed by atoms with Crippen LogP contribution in [-0.4, -0.2) is 45.2 Å². The molecule has 1 aliphatic rings. The van der Waals surface area contributed by atoms with Crippen LogP contribution >= 0.6 is 0 Å². The molecule has 6 nitrogen and oxygen atoms in total. The summed E-state index contributed by atoms with van der Waals surface area (Å²) in [4.78, 5) is 25.2. The molecule has 3 rings (SSSR count). The first kappa shape index (κ1) is 15.2. The molecule has 0 unspecified atom stereocenters. The number of H-pyrrole nitrogens is 1. The van der Waals surface area contributed by atoms with E-state index < -0.39 is 11.4 Å². The number of likely N-dealkylation sites (tertiary alicyclic amines) is 1. The predicted octanol–water partition coefficient (Wildman–Crippen LogP) is 2.15. The first-order valence-electron chi connectivity index (χ1n) is 7.23. The van der Waals surface area contributed by atoms with Gasteiger partial charge in [0.25, 0.3) is 5.91 Å². The maximum absolute atomic E-state index is 12.9. The first-order valence-corrected chi connectivity index (χ1v) is 7.23. The Kier molecular flexibility index (Phi) is 3.63. The highest BCUT2D eigenvalue weighted by atomic mass is 19.1. The van der Waals surface area contributed by atoms with Crippen molar-refractivity contribution in [3.63, 3.8) is 0 Å². The molecular weight excluding hydrogens is 301 g/mol. The standard InChI is InChI=1S/C16H16FN3O3/c1-16(15(22)23)6-7-20(9-16)14(21)13-8-12(18-19-13)10-2-4-11(17)5-3-10/h2-5,8H,6-7,9H2,1H3,(H,18,19)(H,22,23)/t16-/m1/s1. The smallest absolute Gasteiger partial charge is 0.311 e. The van der Waals surface area contributed by atoms with Crippen LogP contribution in [0.5, 0.6) is 0 Å². The van der Waals surface area contributed by atoms with Gasteiger partial charge in [-0.15, -0.1) is 0 Å². The molecule has 2 heterocycles. The fourth-order valence-electron chi connectivity index (χ4n) is 2.68. The summed E-state index contributed by atoms with van der Waals surface area (Å²) in [6, 6.07) is 7.40. The molecule has 1 atom stereocenters. The lowest BCUT2D eigenvalue weighted by atomic mass is 9.90. The van der Waals surface area contributed by atoms with Gasteiger partial charge >= 0.3 is 5.97 Å². The van der Waals surface area contributed by atoms with E-state index in [1.54, 1.807) is 25.1 Å². The van der Waals surface area contributed by atoms with Gasteiger partial charge in [-0.05, 0) is 43.7 Å². The normalized spacial score (nSPS) is 20.7. The summed E-state index contributed by atoms with van der Waals surface area (Å²) in [7, 11) is 0. The maximum atomic E-state index is 12.9. The Morgan fingerprint density at radius 1 is 1.35 bits per heavy atom. The Labute approximate surface area is 131 Å². The van der Waals surface area contributed by atoms with Crippen LogP contribution in [0.3, 0.4) is 0 Å². The fourth-order valence-corrected chi connectivity index (χ4v) is 2.68. The van der Waals surface area contributed by atoms with Gasteiger partial charge in [0.1, 0.15) is 11.5 Å². The number of benzene rings is 1. The summed E-state index contributed by atoms with van der Waals surface area (Å²) in [5, 5.41) is 16.0. The first-order chi connectivity index (χ1) is 10.9. The van der Waals surface area contributed by atoms with Gasteiger partial charge in [0.05, 0.1) is 11.1 Å². The molecule has 2 aromatic rings. The fraction of sp³-hybridized carbons (Fsp3) is 0.312. The van der Waals surface area contributed by atoms with Crippen LogP contribution in [0.4, 0.5) is 4.39 Å². The lowest BCUT2D eigenvalue weighted by Crippen LogP contribution is -2.35. The van der Waals surface area contributed by atoms with Crippen molar-refractivity contribution < 1.29 is 19.1 Å². The minimum Gasteiger partial charge on any atom is -0.481 e. The molecule has 7 heteroatoms. The highest BCUT2D eigenvalue weighted by Gasteiger charge is 2.42. The SMILES string of the molecule is C[C@@]1(C(=O)O)CCN(C(=O)c2cc(-c3ccc(F)cc3)n[nH]2)C1. The maximum Gasteiger partial charge on any atom is 0.311 e. The number of halogens is 1. The van der Waals surface area contributed by atoms with E-state index in [9.17, 15) is 19.1 Å². The third-order valence-corrected chi connectivity index (χ3v) is 4.23. The number of carboxylic acids is 1. The Balaban J connectivity index is 1.77. The van der Waals surface area contributed by atoms with Gasteiger partial charge in [-0.2, -0.15) is 5.10 Å². The van der Waals surface area contributed by atoms with Crippen molar-refractivity contribution in [2.45, 2.75) is 13.3 Å². The molecule has 0 saturated carbocycles. The lowest BCUT2D eigenvalue weighted by molar-refractivity contribution is -0.147. The number of carbonyl (C=O) groups is 2. The number of hydrogen-bond acceptors (Lipinski definition) is 3. The van der Waals surface area contributed by atoms with E-state index in [-0.39, 0.29) is 18.3 Å². The molecular formula is C16H16FN3O3. The minimum absolute atomic E-state index is 0.173. The molecule has 1 aromatic carbocycles. The van der Waals surface area contributed by atoms with Crippen LogP contribution < -0.4 is 0 Å². The Hall–Kier alpha value is -2.70. The monoisotopic (exact) mass is 317 g/mol. The minimum atomic E-state index is -0.907. The molecule has 1 aliphatic heterocycles. The van der Waals surface area contributed by atoms with E-state index in [1.165, 1.54) is 17.0 Å². The van der Waals surface area contributed by atoms with Crippen LogP contribution in [0.25, 0.3) is 11.3 Å². The van der Waals surface area contributed by atoms with Crippen molar-refractivity contribution in [3.05, 3.63) is 41.8 Å². The summed E-state index contributed by atoms with van der Waals surface area (Å²) in [5.74, 6) is -1.52. The summed E-state index contributed by atoms with van der Waals surface area (Å²) in [6.07, 6.45) is 0.424. The molecule has 2 N–H and O–H groups in total. The lowest BCUT2D eigenvalue weighted by Gasteiger charge is -2.19. The quantitative estimate of drug-likeness (QED) is 0.908. The van der Waals surface area contributed by atoms with Crippen LogP contribution in [0.1, 0.15) is 23.8 Å². The second kappa shape index (κ2) is 5.49. The van der Waals surface area contributed by atoms with Crippen LogP contribution in [0.15, 0.2) is 30.3 Å². The molecule has 1 fully saturated rings. The van der Waals surface area contributed by atoms with E-state index in [2.05, 4.69) is 10.2 Å². The number of hydrogen-bond donors (Lipinski definition) is 2. The van der Waals surface area contributed by atoms with Crippen molar-refractivity contribution in [2.75, 3.05) is 13.1 Å². The molecule has 0 bridgehead atoms. The van der Waals surface area contributed by atoms with Gasteiger partial charge in [-0.3, -0.25) is 14.7 Å². The molecule has 0 radical (unpaired) electrons. The van der Waals surface area contributed by atoms with Gasteiger partial charge in [0.2, 0.25) is 0 Å². The number of rotatable bonds is 3. The molecule has 1 amide bonds. The number of nitrogens with one attached hydrogen (secondary N) is 1. The zero-order chi connectivity index (χ0) is 16.6. The molecule has 1 aromatic heterocycles. The van der Waals surface area contributed by atoms with E-state index in [4.69, 9.17) is 0 Å². The Bertz CT molecular complexity index is 756. The second-order valence-electron chi connectivity index (χ2n) is 6.02. The topological polar surface area (TPSA) is 86.3 Å². The van der Waals surface area contributed by atoms with Gasteiger partial charge in [0, 0.05) is 18.7 Å². The summed E-state index contributed by atoms with van der Waals surface area (Å²) < 4.78 is 12.9. The van der Waals surface area contributed by atoms with Crippen molar-refractivity contribution in [1.29, 1.82) is 0 Å². The highest BCUT2D eigenvalue weighted by molar-refractivity contribution is 5.94. The third kappa shape index (κ3) is 2.81. The number of carboxylic acid groups (broad SMARTS) is 1. The predicted molar refractivity (Wildman–Crippen MR) is 80.2 cm³/mol. The van der Waals surface area contributed by atoms with E-state index in [1.807, 2.05) is 0 Å². The van der Waals surface area contributed by atoms with Crippen molar-refractivity contribution in [3.8, 4) is 11.3 Å². The molecule has 23 heavy (non-hydrogen) atoms. The number of amides is 1. The average Bonchev–Trinajstić information content (AvgIpc) is 3.15. The van der Waals surface area contributed by atoms with Crippen LogP contribution in [0.2, 0.25) is 0 Å². The van der Waals surface area contributed by atoms with Crippen molar-refractivity contribution in [1.82, 2.24) is 15.1 Å². The van der Waals surface area contributed by atoms with Gasteiger partial charge in [-0.25, -0.2) is 4.39 Å². The summed E-state index contributed by atoms with van der Waals surface area (Å²) >= 11 is 0. The number of nitrogens with zero attached hydrogens (tertiary/aromatic N) is 2. The van der Waals surface area contributed by atoms with E-state index >= 15 is 0 Å². The van der Waals surface area contributed by atoms with Crippen molar-refractivity contribution in [2.24, 2.45) is 5.41 Å². The number of aromatic amines is 1. The van der Waals surface area contributed by atoms with E-state index in [0.717, 1.165) is 0 Å². The Morgan fingerprint density at radius 3 is 2.65 bits per heavy atom. The summed E-state index contributed by atoms with van der Waals surface area (Å²) in [5.41, 5.74) is 0.612. The molecule has 0 spiro atoms. The zero-order valence-corrected chi connectivity index (χ0v) is 12.5. The molecule has 0 aliphatic carbocycles. The number of aliphatic carboxylic acids is 1. The molecule has 120 valence electrons. The van der Waals surface area contributed by atoms with Crippen LogP contribution in [0, 0.1) is 11.2 Å². The van der Waals surface area contributed by atoms with E-state index in [0.29, 0.717) is 29.9 Å². The third-order valence-electron chi connectivity index (χ3n) is 4.23. The molecule has 1 saturated heterocycles.